The van der Waals surface area contributed by atoms with Crippen molar-refractivity contribution in [1.29, 1.82) is 0 Å². The summed E-state index contributed by atoms with van der Waals surface area (Å²) in [6.45, 7) is 1.95. The molecular formula is C15H14FNO4. The minimum absolute atomic E-state index is 0.0297. The Morgan fingerprint density at radius 1 is 1.24 bits per heavy atom. The molecule has 21 heavy (non-hydrogen) atoms. The van der Waals surface area contributed by atoms with Gasteiger partial charge in [-0.05, 0) is 36.2 Å². The molecule has 0 saturated carbocycles. The number of phenolic OH excluding ortho intramolecular Hbond substituents is 1. The van der Waals surface area contributed by atoms with Gasteiger partial charge in [0.05, 0.1) is 0 Å². The van der Waals surface area contributed by atoms with Gasteiger partial charge < -0.3 is 20.3 Å². The van der Waals surface area contributed by atoms with Crippen molar-refractivity contribution in [3.8, 4) is 23.0 Å². The molecule has 0 atom stereocenters. The van der Waals surface area contributed by atoms with Crippen LogP contribution in [-0.4, -0.2) is 11.2 Å². The summed E-state index contributed by atoms with van der Waals surface area (Å²) >= 11 is 0. The van der Waals surface area contributed by atoms with E-state index in [9.17, 15) is 14.3 Å². The van der Waals surface area contributed by atoms with E-state index < -0.39 is 11.9 Å². The predicted molar refractivity (Wildman–Crippen MR) is 74.2 cm³/mol. The minimum atomic E-state index is -1.03. The van der Waals surface area contributed by atoms with Crippen LogP contribution >= 0.6 is 0 Å². The third-order valence-electron chi connectivity index (χ3n) is 2.77. The molecule has 0 heterocycles. The topological polar surface area (TPSA) is 81.8 Å². The number of benzene rings is 2. The highest BCUT2D eigenvalue weighted by molar-refractivity contribution is 5.68. The van der Waals surface area contributed by atoms with Gasteiger partial charge in [-0.3, -0.25) is 0 Å². The molecule has 0 saturated heterocycles. The Balaban J connectivity index is 2.21. The van der Waals surface area contributed by atoms with Gasteiger partial charge in [-0.15, -0.1) is 0 Å². The van der Waals surface area contributed by atoms with Gasteiger partial charge in [-0.25, -0.2) is 9.18 Å². The summed E-state index contributed by atoms with van der Waals surface area (Å²) in [5, 5.41) is 9.81. The summed E-state index contributed by atoms with van der Waals surface area (Å²) in [4.78, 5) is 10.6. The van der Waals surface area contributed by atoms with Gasteiger partial charge >= 0.3 is 6.09 Å². The Bertz CT molecular complexity index is 673. The molecule has 110 valence electrons. The number of carbonyl (C=O) groups is 1. The fourth-order valence-corrected chi connectivity index (χ4v) is 1.73. The number of hydrogen-bond acceptors (Lipinski definition) is 4. The number of aromatic hydroxyl groups is 1. The summed E-state index contributed by atoms with van der Waals surface area (Å²) in [6, 6.07) is 8.47. The van der Waals surface area contributed by atoms with Crippen LogP contribution in [0.15, 0.2) is 36.4 Å². The molecule has 3 N–H and O–H groups in total. The zero-order valence-electron chi connectivity index (χ0n) is 11.3. The molecular weight excluding hydrogens is 277 g/mol. The van der Waals surface area contributed by atoms with Gasteiger partial charge in [-0.1, -0.05) is 13.0 Å². The molecule has 1 amide bonds. The quantitative estimate of drug-likeness (QED) is 0.905. The summed E-state index contributed by atoms with van der Waals surface area (Å²) in [5.74, 6) is -0.821. The van der Waals surface area contributed by atoms with E-state index in [2.05, 4.69) is 4.74 Å². The largest absolute Gasteiger partial charge is 0.504 e. The highest BCUT2D eigenvalue weighted by Gasteiger charge is 2.11. The first kappa shape index (κ1) is 14.6. The second-order valence-corrected chi connectivity index (χ2v) is 4.27. The maximum atomic E-state index is 13.8. The lowest BCUT2D eigenvalue weighted by molar-refractivity contribution is 0.210. The van der Waals surface area contributed by atoms with E-state index in [4.69, 9.17) is 10.5 Å². The van der Waals surface area contributed by atoms with Crippen LogP contribution in [0.1, 0.15) is 12.5 Å². The molecule has 2 aromatic carbocycles. The van der Waals surface area contributed by atoms with Gasteiger partial charge in [-0.2, -0.15) is 0 Å². The maximum Gasteiger partial charge on any atom is 0.409 e. The van der Waals surface area contributed by atoms with Crippen LogP contribution in [0.5, 0.6) is 23.0 Å². The zero-order chi connectivity index (χ0) is 15.4. The number of hydrogen-bond donors (Lipinski definition) is 2. The van der Waals surface area contributed by atoms with Crippen LogP contribution in [0.4, 0.5) is 9.18 Å². The number of primary amides is 1. The monoisotopic (exact) mass is 291 g/mol. The van der Waals surface area contributed by atoms with Crippen molar-refractivity contribution in [1.82, 2.24) is 0 Å². The van der Waals surface area contributed by atoms with E-state index in [1.165, 1.54) is 12.1 Å². The summed E-state index contributed by atoms with van der Waals surface area (Å²) in [6.07, 6.45) is -0.266. The first-order chi connectivity index (χ1) is 9.99. The van der Waals surface area contributed by atoms with Crippen molar-refractivity contribution in [2.75, 3.05) is 0 Å². The van der Waals surface area contributed by atoms with E-state index in [-0.39, 0.29) is 23.0 Å². The lowest BCUT2D eigenvalue weighted by atomic mass is 10.1. The van der Waals surface area contributed by atoms with Gasteiger partial charge in [0.1, 0.15) is 5.75 Å². The summed E-state index contributed by atoms with van der Waals surface area (Å²) in [7, 11) is 0. The molecule has 0 aliphatic rings. The van der Waals surface area contributed by atoms with Gasteiger partial charge in [0, 0.05) is 6.07 Å². The van der Waals surface area contributed by atoms with Crippen molar-refractivity contribution in [2.24, 2.45) is 5.73 Å². The fourth-order valence-electron chi connectivity index (χ4n) is 1.73. The summed E-state index contributed by atoms with van der Waals surface area (Å²) in [5.41, 5.74) is 5.77. The highest BCUT2D eigenvalue weighted by Crippen LogP contribution is 2.33. The van der Waals surface area contributed by atoms with Crippen LogP contribution in [0.25, 0.3) is 0 Å². The van der Waals surface area contributed by atoms with Crippen molar-refractivity contribution in [3.63, 3.8) is 0 Å². The standard InChI is InChI=1S/C15H14FNO4/c1-2-9-3-5-14(12(18)7-9)21-13-6-4-10(8-11(13)16)20-15(17)19/h3-8,18H,2H2,1H3,(H2,17,19). The SMILES string of the molecule is CCc1ccc(Oc2ccc(OC(N)=O)cc2F)c(O)c1. The Kier molecular flexibility index (Phi) is 4.27. The number of amides is 1. The molecule has 0 radical (unpaired) electrons. The molecule has 0 fully saturated rings. The van der Waals surface area contributed by atoms with Crippen LogP contribution in [0.2, 0.25) is 0 Å². The third-order valence-corrected chi connectivity index (χ3v) is 2.77. The number of ether oxygens (including phenoxy) is 2. The Hall–Kier alpha value is -2.76. The minimum Gasteiger partial charge on any atom is -0.504 e. The second kappa shape index (κ2) is 6.13. The van der Waals surface area contributed by atoms with Crippen molar-refractivity contribution in [2.45, 2.75) is 13.3 Å². The zero-order valence-corrected chi connectivity index (χ0v) is 11.3. The van der Waals surface area contributed by atoms with Crippen LogP contribution in [0.3, 0.4) is 0 Å². The number of halogens is 1. The summed E-state index contributed by atoms with van der Waals surface area (Å²) < 4.78 is 23.7. The van der Waals surface area contributed by atoms with E-state index >= 15 is 0 Å². The average Bonchev–Trinajstić information content (AvgIpc) is 2.43. The van der Waals surface area contributed by atoms with Crippen molar-refractivity contribution in [3.05, 3.63) is 47.8 Å². The molecule has 0 spiro atoms. The number of rotatable bonds is 4. The normalized spacial score (nSPS) is 10.2. The molecule has 0 unspecified atom stereocenters. The molecule has 0 aliphatic heterocycles. The van der Waals surface area contributed by atoms with E-state index in [0.717, 1.165) is 18.1 Å². The Labute approximate surface area is 120 Å². The smallest absolute Gasteiger partial charge is 0.409 e. The molecule has 0 bridgehead atoms. The molecule has 0 aliphatic carbocycles. The van der Waals surface area contributed by atoms with Crippen molar-refractivity contribution >= 4 is 6.09 Å². The third kappa shape index (κ3) is 3.62. The molecule has 2 aromatic rings. The van der Waals surface area contributed by atoms with Crippen LogP contribution < -0.4 is 15.2 Å². The maximum absolute atomic E-state index is 13.8. The molecule has 0 aromatic heterocycles. The predicted octanol–water partition coefficient (Wildman–Crippen LogP) is 3.34. The van der Waals surface area contributed by atoms with Crippen molar-refractivity contribution < 1.29 is 23.8 Å². The fraction of sp³-hybridized carbons (Fsp3) is 0.133. The van der Waals surface area contributed by atoms with Crippen LogP contribution in [-0.2, 0) is 6.42 Å². The average molecular weight is 291 g/mol. The number of nitrogens with two attached hydrogens (primary N) is 1. The Morgan fingerprint density at radius 2 is 1.95 bits per heavy atom. The highest BCUT2D eigenvalue weighted by atomic mass is 19.1. The Morgan fingerprint density at radius 3 is 2.52 bits per heavy atom. The number of phenols is 1. The van der Waals surface area contributed by atoms with E-state index in [1.54, 1.807) is 18.2 Å². The first-order valence-corrected chi connectivity index (χ1v) is 6.26. The second-order valence-electron chi connectivity index (χ2n) is 4.27. The van der Waals surface area contributed by atoms with E-state index in [1.807, 2.05) is 6.92 Å². The first-order valence-electron chi connectivity index (χ1n) is 6.26. The van der Waals surface area contributed by atoms with Gasteiger partial charge in [0.2, 0.25) is 0 Å². The van der Waals surface area contributed by atoms with Gasteiger partial charge in [0.15, 0.2) is 23.1 Å². The lowest BCUT2D eigenvalue weighted by Gasteiger charge is -2.10. The molecule has 6 heteroatoms. The van der Waals surface area contributed by atoms with Gasteiger partial charge in [0.25, 0.3) is 0 Å². The molecule has 5 nitrogen and oxygen atoms in total. The number of carbonyl (C=O) groups excluding carboxylic acids is 1. The van der Waals surface area contributed by atoms with Crippen LogP contribution in [0, 0.1) is 5.82 Å². The number of aryl methyl sites for hydroxylation is 1. The lowest BCUT2D eigenvalue weighted by Crippen LogP contribution is -2.16. The van der Waals surface area contributed by atoms with E-state index in [0.29, 0.717) is 0 Å². The molecule has 2 rings (SSSR count).